The molecule has 0 saturated heterocycles. The third-order valence-electron chi connectivity index (χ3n) is 9.79. The van der Waals surface area contributed by atoms with Gasteiger partial charge in [-0.05, 0) is 74.3 Å². The molecule has 0 saturated carbocycles. The molecular formula is C46H29NO. The molecule has 0 aliphatic rings. The van der Waals surface area contributed by atoms with Crippen LogP contribution in [0.15, 0.2) is 180 Å². The molecule has 0 bridgehead atoms. The van der Waals surface area contributed by atoms with Crippen molar-refractivity contribution in [3.63, 3.8) is 0 Å². The monoisotopic (exact) mass is 611 g/mol. The lowest BCUT2D eigenvalue weighted by molar-refractivity contribution is 0.669. The SMILES string of the molecule is c1ccc(-c2ccccc2N(c2cccc3cc4oc5ccccc5c4cc23)c2cc3ccc4ccccc4c3c3ccccc23)cc1. The van der Waals surface area contributed by atoms with Crippen LogP contribution in [0.4, 0.5) is 17.1 Å². The summed E-state index contributed by atoms with van der Waals surface area (Å²) >= 11 is 0. The van der Waals surface area contributed by atoms with Crippen molar-refractivity contribution in [2.24, 2.45) is 0 Å². The van der Waals surface area contributed by atoms with Gasteiger partial charge in [0.25, 0.3) is 0 Å². The molecule has 0 amide bonds. The predicted octanol–water partition coefficient (Wildman–Crippen LogP) is 13.3. The van der Waals surface area contributed by atoms with E-state index in [9.17, 15) is 0 Å². The van der Waals surface area contributed by atoms with E-state index in [4.69, 9.17) is 4.42 Å². The first-order valence-corrected chi connectivity index (χ1v) is 16.4. The normalized spacial score (nSPS) is 11.8. The summed E-state index contributed by atoms with van der Waals surface area (Å²) in [5.74, 6) is 0. The van der Waals surface area contributed by atoms with Crippen LogP contribution in [0.25, 0.3) is 76.2 Å². The fourth-order valence-electron chi connectivity index (χ4n) is 7.64. The molecule has 0 aliphatic carbocycles. The zero-order chi connectivity index (χ0) is 31.6. The van der Waals surface area contributed by atoms with Gasteiger partial charge in [-0.25, -0.2) is 0 Å². The highest BCUT2D eigenvalue weighted by molar-refractivity contribution is 6.24. The number of rotatable bonds is 4. The van der Waals surface area contributed by atoms with Crippen molar-refractivity contribution in [2.45, 2.75) is 0 Å². The first-order chi connectivity index (χ1) is 23.8. The fourth-order valence-corrected chi connectivity index (χ4v) is 7.64. The van der Waals surface area contributed by atoms with E-state index in [2.05, 4.69) is 169 Å². The highest BCUT2D eigenvalue weighted by Gasteiger charge is 2.23. The van der Waals surface area contributed by atoms with Gasteiger partial charge in [0.15, 0.2) is 0 Å². The average molecular weight is 612 g/mol. The first kappa shape index (κ1) is 26.8. The molecule has 10 rings (SSSR count). The van der Waals surface area contributed by atoms with E-state index >= 15 is 0 Å². The van der Waals surface area contributed by atoms with Gasteiger partial charge in [-0.2, -0.15) is 0 Å². The first-order valence-electron chi connectivity index (χ1n) is 16.4. The van der Waals surface area contributed by atoms with Crippen LogP contribution in [-0.4, -0.2) is 0 Å². The molecule has 0 atom stereocenters. The molecule has 0 radical (unpaired) electrons. The Morgan fingerprint density at radius 3 is 1.90 bits per heavy atom. The number of nitrogens with zero attached hydrogens (tertiary/aromatic N) is 1. The summed E-state index contributed by atoms with van der Waals surface area (Å²) in [5.41, 5.74) is 7.54. The Balaban J connectivity index is 1.35. The molecule has 0 aliphatic heterocycles. The summed E-state index contributed by atoms with van der Waals surface area (Å²) in [7, 11) is 0. The largest absolute Gasteiger partial charge is 0.456 e. The number of hydrogen-bond donors (Lipinski definition) is 0. The Kier molecular flexibility index (Phi) is 5.91. The summed E-state index contributed by atoms with van der Waals surface area (Å²) in [5, 5.41) is 12.0. The third kappa shape index (κ3) is 4.06. The van der Waals surface area contributed by atoms with Crippen LogP contribution in [0, 0.1) is 0 Å². The average Bonchev–Trinajstić information content (AvgIpc) is 3.52. The van der Waals surface area contributed by atoms with Gasteiger partial charge in [0, 0.05) is 27.1 Å². The van der Waals surface area contributed by atoms with E-state index in [-0.39, 0.29) is 0 Å². The maximum atomic E-state index is 6.33. The molecular weight excluding hydrogens is 583 g/mol. The van der Waals surface area contributed by atoms with Crippen LogP contribution in [-0.2, 0) is 0 Å². The summed E-state index contributed by atoms with van der Waals surface area (Å²) in [4.78, 5) is 2.48. The van der Waals surface area contributed by atoms with E-state index in [1.165, 1.54) is 48.8 Å². The quantitative estimate of drug-likeness (QED) is 0.184. The number of benzene rings is 9. The molecule has 224 valence electrons. The molecule has 1 heterocycles. The molecule has 9 aromatic carbocycles. The second-order valence-corrected chi connectivity index (χ2v) is 12.5. The van der Waals surface area contributed by atoms with Crippen molar-refractivity contribution in [2.75, 3.05) is 4.90 Å². The maximum absolute atomic E-state index is 6.33. The van der Waals surface area contributed by atoms with Gasteiger partial charge >= 0.3 is 0 Å². The summed E-state index contributed by atoms with van der Waals surface area (Å²) < 4.78 is 6.33. The number of hydrogen-bond acceptors (Lipinski definition) is 2. The Morgan fingerprint density at radius 2 is 1.00 bits per heavy atom. The third-order valence-corrected chi connectivity index (χ3v) is 9.79. The molecule has 2 heteroatoms. The number of anilines is 3. The van der Waals surface area contributed by atoms with Crippen LogP contribution in [0.5, 0.6) is 0 Å². The van der Waals surface area contributed by atoms with E-state index < -0.39 is 0 Å². The van der Waals surface area contributed by atoms with Crippen LogP contribution >= 0.6 is 0 Å². The Morgan fingerprint density at radius 1 is 0.333 bits per heavy atom. The molecule has 0 spiro atoms. The lowest BCUT2D eigenvalue weighted by Crippen LogP contribution is -2.12. The number of para-hydroxylation sites is 2. The van der Waals surface area contributed by atoms with Gasteiger partial charge in [-0.15, -0.1) is 0 Å². The lowest BCUT2D eigenvalue weighted by atomic mass is 9.93. The van der Waals surface area contributed by atoms with Crippen LogP contribution in [0.2, 0.25) is 0 Å². The van der Waals surface area contributed by atoms with Crippen LogP contribution < -0.4 is 4.90 Å². The van der Waals surface area contributed by atoms with Gasteiger partial charge < -0.3 is 9.32 Å². The van der Waals surface area contributed by atoms with E-state index in [1.807, 2.05) is 12.1 Å². The summed E-state index contributed by atoms with van der Waals surface area (Å²) in [6.45, 7) is 0. The van der Waals surface area contributed by atoms with E-state index in [1.54, 1.807) is 0 Å². The fraction of sp³-hybridized carbons (Fsp3) is 0. The van der Waals surface area contributed by atoms with Crippen molar-refractivity contribution in [3.05, 3.63) is 176 Å². The highest BCUT2D eigenvalue weighted by atomic mass is 16.3. The Labute approximate surface area is 277 Å². The minimum absolute atomic E-state index is 0.903. The number of furan rings is 1. The van der Waals surface area contributed by atoms with E-state index in [0.29, 0.717) is 0 Å². The van der Waals surface area contributed by atoms with E-state index in [0.717, 1.165) is 44.4 Å². The molecule has 48 heavy (non-hydrogen) atoms. The Hall–Kier alpha value is -6.38. The van der Waals surface area contributed by atoms with Gasteiger partial charge in [-0.3, -0.25) is 0 Å². The second-order valence-electron chi connectivity index (χ2n) is 12.5. The molecule has 10 aromatic rings. The van der Waals surface area contributed by atoms with Crippen LogP contribution in [0.3, 0.4) is 0 Å². The second kappa shape index (κ2) is 10.6. The molecule has 0 N–H and O–H groups in total. The highest BCUT2D eigenvalue weighted by Crippen LogP contribution is 2.48. The smallest absolute Gasteiger partial charge is 0.136 e. The zero-order valence-electron chi connectivity index (χ0n) is 26.1. The number of fused-ring (bicyclic) bond motifs is 9. The van der Waals surface area contributed by atoms with Crippen molar-refractivity contribution >= 4 is 82.1 Å². The van der Waals surface area contributed by atoms with Crippen molar-refractivity contribution in [1.29, 1.82) is 0 Å². The minimum Gasteiger partial charge on any atom is -0.456 e. The lowest BCUT2D eigenvalue weighted by Gasteiger charge is -2.30. The topological polar surface area (TPSA) is 16.4 Å². The molecule has 1 aromatic heterocycles. The minimum atomic E-state index is 0.903. The zero-order valence-corrected chi connectivity index (χ0v) is 26.1. The van der Waals surface area contributed by atoms with Gasteiger partial charge in [0.05, 0.1) is 17.1 Å². The van der Waals surface area contributed by atoms with Crippen molar-refractivity contribution < 1.29 is 4.42 Å². The predicted molar refractivity (Wildman–Crippen MR) is 204 cm³/mol. The van der Waals surface area contributed by atoms with Crippen LogP contribution in [0.1, 0.15) is 0 Å². The standard InChI is InChI=1S/C46H29NO/c1-2-13-30(14-3-1)34-17-8-10-22-41(34)47(42-23-12-16-32-28-45-40(29-39(32)42)37-20-9-11-24-44(37)48-45)43-27-33-26-25-31-15-4-5-18-35(31)46(33)38-21-7-6-19-36(38)43/h1-29H. The van der Waals surface area contributed by atoms with Crippen molar-refractivity contribution in [3.8, 4) is 11.1 Å². The molecule has 0 fully saturated rings. The molecule has 0 unspecified atom stereocenters. The summed E-state index contributed by atoms with van der Waals surface area (Å²) in [6, 6.07) is 63.4. The van der Waals surface area contributed by atoms with Gasteiger partial charge in [0.1, 0.15) is 11.2 Å². The maximum Gasteiger partial charge on any atom is 0.136 e. The van der Waals surface area contributed by atoms with Gasteiger partial charge in [-0.1, -0.05) is 140 Å². The van der Waals surface area contributed by atoms with Crippen molar-refractivity contribution in [1.82, 2.24) is 0 Å². The summed E-state index contributed by atoms with van der Waals surface area (Å²) in [6.07, 6.45) is 0. The molecule has 2 nitrogen and oxygen atoms in total. The Bertz CT molecular complexity index is 2850. The van der Waals surface area contributed by atoms with Gasteiger partial charge in [0.2, 0.25) is 0 Å².